The number of rotatable bonds is 3. The van der Waals surface area contributed by atoms with E-state index in [1.54, 1.807) is 0 Å². The van der Waals surface area contributed by atoms with Gasteiger partial charge in [0, 0.05) is 6.42 Å². The van der Waals surface area contributed by atoms with Crippen molar-refractivity contribution >= 4 is 25.0 Å². The monoisotopic (exact) mass is 358 g/mol. The Morgan fingerprint density at radius 2 is 1.88 bits per heavy atom. The summed E-state index contributed by atoms with van der Waals surface area (Å²) >= 11 is 0. The molecule has 1 heterocycles. The van der Waals surface area contributed by atoms with E-state index in [9.17, 15) is 9.59 Å². The van der Waals surface area contributed by atoms with Gasteiger partial charge in [-0.15, -0.1) is 0 Å². The van der Waals surface area contributed by atoms with Crippen LogP contribution in [0.25, 0.3) is 0 Å². The second-order valence-corrected chi connectivity index (χ2v) is 13.1. The molecule has 1 aromatic carbocycles. The summed E-state index contributed by atoms with van der Waals surface area (Å²) < 4.78 is 11.4. The van der Waals surface area contributed by atoms with Gasteiger partial charge < -0.3 is 9.47 Å². The number of epoxide rings is 1. The van der Waals surface area contributed by atoms with Crippen molar-refractivity contribution in [3.8, 4) is 0 Å². The van der Waals surface area contributed by atoms with E-state index in [1.165, 1.54) is 12.3 Å². The molecular formula is C20H26O4Si. The molecule has 5 heteroatoms. The van der Waals surface area contributed by atoms with Crippen LogP contribution >= 0.6 is 0 Å². The fourth-order valence-corrected chi connectivity index (χ4v) is 9.65. The van der Waals surface area contributed by atoms with Crippen LogP contribution in [0.4, 0.5) is 0 Å². The average Bonchev–Trinajstić information content (AvgIpc) is 3.37. The molecular weight excluding hydrogens is 332 g/mol. The minimum Gasteiger partial charge on any atom is -0.469 e. The van der Waals surface area contributed by atoms with Crippen LogP contribution in [-0.2, 0) is 19.1 Å². The van der Waals surface area contributed by atoms with Gasteiger partial charge in [0.2, 0.25) is 0 Å². The van der Waals surface area contributed by atoms with Crippen LogP contribution in [0.2, 0.25) is 18.6 Å². The van der Waals surface area contributed by atoms with Gasteiger partial charge in [-0.3, -0.25) is 9.59 Å². The quantitative estimate of drug-likeness (QED) is 0.474. The highest BCUT2D eigenvalue weighted by atomic mass is 28.3. The Morgan fingerprint density at radius 1 is 1.20 bits per heavy atom. The molecule has 0 N–H and O–H groups in total. The molecule has 0 amide bonds. The minimum atomic E-state index is -2.10. The van der Waals surface area contributed by atoms with Crippen LogP contribution in [0.3, 0.4) is 0 Å². The standard InChI is InChI=1S/C20H26O4Si/c1-23-18(22)19-11-7-8-12-20(19)17(24-20)15(21)13-16(19)25(2,3)14-9-5-4-6-10-14/h4-6,9-10,16-17H,7-8,11-13H2,1-3H3/t16-,17+,19+,20+/m0/s1. The van der Waals surface area contributed by atoms with E-state index < -0.39 is 19.1 Å². The Bertz CT molecular complexity index is 716. The summed E-state index contributed by atoms with van der Waals surface area (Å²) in [5.41, 5.74) is -1.25. The van der Waals surface area contributed by atoms with E-state index in [4.69, 9.17) is 9.47 Å². The van der Waals surface area contributed by atoms with Crippen LogP contribution in [0.5, 0.6) is 0 Å². The first-order chi connectivity index (χ1) is 11.9. The lowest BCUT2D eigenvalue weighted by molar-refractivity contribution is -0.162. The van der Waals surface area contributed by atoms with Crippen molar-refractivity contribution < 1.29 is 19.1 Å². The highest BCUT2D eigenvalue weighted by molar-refractivity contribution is 6.91. The maximum atomic E-state index is 13.2. The highest BCUT2D eigenvalue weighted by Gasteiger charge is 2.80. The topological polar surface area (TPSA) is 55.9 Å². The van der Waals surface area contributed by atoms with E-state index in [0.717, 1.165) is 25.7 Å². The summed E-state index contributed by atoms with van der Waals surface area (Å²) in [6.07, 6.45) is 3.64. The molecule has 0 aromatic heterocycles. The molecule has 0 radical (unpaired) electrons. The van der Waals surface area contributed by atoms with Gasteiger partial charge >= 0.3 is 5.97 Å². The first-order valence-corrected chi connectivity index (χ1v) is 12.3. The summed E-state index contributed by atoms with van der Waals surface area (Å²) in [6, 6.07) is 10.4. The highest BCUT2D eigenvalue weighted by Crippen LogP contribution is 2.69. The molecule has 134 valence electrons. The molecule has 0 bridgehead atoms. The molecule has 1 spiro atoms. The number of methoxy groups -OCH3 is 1. The number of carbonyl (C=O) groups excluding carboxylic acids is 2. The predicted octanol–water partition coefficient (Wildman–Crippen LogP) is 2.82. The van der Waals surface area contributed by atoms with Crippen molar-refractivity contribution in [2.45, 2.75) is 62.4 Å². The lowest BCUT2D eigenvalue weighted by Crippen LogP contribution is -2.64. The van der Waals surface area contributed by atoms with Gasteiger partial charge in [-0.2, -0.15) is 0 Å². The van der Waals surface area contributed by atoms with Crippen LogP contribution < -0.4 is 5.19 Å². The van der Waals surface area contributed by atoms with E-state index in [2.05, 4.69) is 25.2 Å². The first-order valence-electron chi connectivity index (χ1n) is 9.24. The molecule has 4 nitrogen and oxygen atoms in total. The number of carbonyl (C=O) groups is 2. The number of hydrogen-bond acceptors (Lipinski definition) is 4. The van der Waals surface area contributed by atoms with Gasteiger partial charge in [-0.05, 0) is 18.4 Å². The minimum absolute atomic E-state index is 0.0152. The third kappa shape index (κ3) is 2.08. The van der Waals surface area contributed by atoms with Crippen molar-refractivity contribution in [2.24, 2.45) is 5.41 Å². The number of hydrogen-bond donors (Lipinski definition) is 0. The number of ether oxygens (including phenoxy) is 2. The molecule has 1 saturated heterocycles. The van der Waals surface area contributed by atoms with E-state index >= 15 is 0 Å². The SMILES string of the molecule is COC(=O)[C@]12CCCC[C@]13O[C@@H]3C(=O)C[C@@H]2[Si](C)(C)c1ccccc1. The number of esters is 1. The molecule has 2 saturated carbocycles. The molecule has 4 rings (SSSR count). The van der Waals surface area contributed by atoms with Gasteiger partial charge in [0.15, 0.2) is 5.78 Å². The first kappa shape index (κ1) is 17.0. The van der Waals surface area contributed by atoms with Gasteiger partial charge in [0.25, 0.3) is 0 Å². The molecule has 25 heavy (non-hydrogen) atoms. The summed E-state index contributed by atoms with van der Waals surface area (Å²) in [7, 11) is -0.628. The molecule has 0 unspecified atom stereocenters. The largest absolute Gasteiger partial charge is 0.469 e. The number of Topliss-reactive ketones (excluding diaryl/α,β-unsaturated/α-hetero) is 1. The Balaban J connectivity index is 1.87. The molecule has 1 aromatic rings. The Kier molecular flexibility index (Phi) is 3.74. The smallest absolute Gasteiger partial charge is 0.314 e. The number of ketones is 1. The summed E-state index contributed by atoms with van der Waals surface area (Å²) in [5.74, 6) is 0.0200. The van der Waals surface area contributed by atoms with Gasteiger partial charge in [-0.25, -0.2) is 0 Å². The van der Waals surface area contributed by atoms with Gasteiger partial charge in [0.1, 0.15) is 17.1 Å². The van der Waals surface area contributed by atoms with Crippen molar-refractivity contribution in [3.05, 3.63) is 30.3 Å². The third-order valence-corrected chi connectivity index (χ3v) is 11.3. The van der Waals surface area contributed by atoms with Crippen molar-refractivity contribution in [2.75, 3.05) is 7.11 Å². The summed E-state index contributed by atoms with van der Waals surface area (Å²) in [6.45, 7) is 4.58. The summed E-state index contributed by atoms with van der Waals surface area (Å²) in [5, 5.41) is 1.29. The Hall–Kier alpha value is -1.46. The maximum absolute atomic E-state index is 13.2. The van der Waals surface area contributed by atoms with Crippen LogP contribution in [0, 0.1) is 5.41 Å². The zero-order valence-electron chi connectivity index (χ0n) is 15.2. The molecule has 2 aliphatic carbocycles. The molecule has 3 fully saturated rings. The fraction of sp³-hybridized carbons (Fsp3) is 0.600. The second kappa shape index (κ2) is 5.51. The lowest BCUT2D eigenvalue weighted by atomic mass is 9.58. The van der Waals surface area contributed by atoms with E-state index in [0.29, 0.717) is 6.42 Å². The lowest BCUT2D eigenvalue weighted by Gasteiger charge is -2.52. The van der Waals surface area contributed by atoms with E-state index in [-0.39, 0.29) is 23.4 Å². The van der Waals surface area contributed by atoms with Crippen LogP contribution in [0.15, 0.2) is 30.3 Å². The average molecular weight is 359 g/mol. The van der Waals surface area contributed by atoms with Crippen LogP contribution in [0.1, 0.15) is 32.1 Å². The maximum Gasteiger partial charge on any atom is 0.314 e. The normalized spacial score (nSPS) is 37.0. The van der Waals surface area contributed by atoms with Crippen molar-refractivity contribution in [1.29, 1.82) is 0 Å². The van der Waals surface area contributed by atoms with Gasteiger partial charge in [0.05, 0.1) is 15.2 Å². The van der Waals surface area contributed by atoms with Gasteiger partial charge in [-0.1, -0.05) is 61.5 Å². The second-order valence-electron chi connectivity index (χ2n) is 8.37. The Labute approximate surface area is 149 Å². The molecule has 3 aliphatic rings. The zero-order valence-corrected chi connectivity index (χ0v) is 16.2. The molecule has 1 aliphatic heterocycles. The summed E-state index contributed by atoms with van der Waals surface area (Å²) in [4.78, 5) is 25.9. The van der Waals surface area contributed by atoms with Crippen molar-refractivity contribution in [3.63, 3.8) is 0 Å². The zero-order chi connectivity index (χ0) is 17.9. The Morgan fingerprint density at radius 3 is 2.56 bits per heavy atom. The van der Waals surface area contributed by atoms with Crippen LogP contribution in [-0.4, -0.2) is 38.6 Å². The third-order valence-electron chi connectivity index (χ3n) is 7.05. The van der Waals surface area contributed by atoms with Crippen molar-refractivity contribution in [1.82, 2.24) is 0 Å². The number of benzene rings is 1. The van der Waals surface area contributed by atoms with E-state index in [1.807, 2.05) is 18.2 Å². The predicted molar refractivity (Wildman–Crippen MR) is 97.5 cm³/mol. The molecule has 4 atom stereocenters. The fourth-order valence-electron chi connectivity index (χ4n) is 5.75.